The van der Waals surface area contributed by atoms with E-state index in [1.807, 2.05) is 44.2 Å². The highest BCUT2D eigenvalue weighted by atomic mass is 35.5. The predicted octanol–water partition coefficient (Wildman–Crippen LogP) is 6.53. The maximum absolute atomic E-state index is 12.7. The van der Waals surface area contributed by atoms with Crippen LogP contribution in [0.25, 0.3) is 0 Å². The molecule has 0 radical (unpaired) electrons. The van der Waals surface area contributed by atoms with Crippen molar-refractivity contribution >= 4 is 40.9 Å². The Kier molecular flexibility index (Phi) is 10.6. The number of benzene rings is 2. The summed E-state index contributed by atoms with van der Waals surface area (Å²) in [6.07, 6.45) is 1.16. The third-order valence-corrected chi connectivity index (χ3v) is 7.52. The van der Waals surface area contributed by atoms with Crippen LogP contribution in [0, 0.1) is 5.92 Å². The number of esters is 1. The monoisotopic (exact) mass is 548 g/mol. The molecule has 0 aromatic heterocycles. The van der Waals surface area contributed by atoms with Crippen LogP contribution in [0.4, 0.5) is 5.69 Å². The van der Waals surface area contributed by atoms with Crippen molar-refractivity contribution in [2.45, 2.75) is 63.8 Å². The van der Waals surface area contributed by atoms with E-state index in [0.717, 1.165) is 29.1 Å². The van der Waals surface area contributed by atoms with Gasteiger partial charge in [0.1, 0.15) is 23.6 Å². The summed E-state index contributed by atoms with van der Waals surface area (Å²) in [6.45, 7) is 11.2. The van der Waals surface area contributed by atoms with E-state index in [4.69, 9.17) is 25.8 Å². The molecule has 0 aliphatic carbocycles. The number of nitrogens with zero attached hydrogens (tertiary/aromatic N) is 2. The number of carbonyl (C=O) groups excluding carboxylic acids is 2. The quantitative estimate of drug-likeness (QED) is 0.170. The molecule has 1 aliphatic rings. The normalized spacial score (nSPS) is 14.9. The van der Waals surface area contributed by atoms with Crippen LogP contribution >= 0.6 is 23.4 Å². The van der Waals surface area contributed by atoms with E-state index >= 15 is 0 Å². The van der Waals surface area contributed by atoms with Gasteiger partial charge in [0.25, 0.3) is 0 Å². The lowest BCUT2D eigenvalue weighted by Gasteiger charge is -2.27. The number of thioether (sulfide) groups is 1. The second-order valence-electron chi connectivity index (χ2n) is 9.73. The Bertz CT molecular complexity index is 1090. The summed E-state index contributed by atoms with van der Waals surface area (Å²) in [5.74, 6) is 1.42. The Morgan fingerprint density at radius 2 is 1.89 bits per heavy atom. The molecule has 2 aromatic carbocycles. The standard InChI is InChI=1S/C28H37ClN2O5S/c1-18(2)14-27(33)36-17-30(19(3)4)12-7-13-35-25-11-9-22(34-6)16-23(25)28-31(20(5)32)24-10-8-21(29)15-26(24)37-28/h8-11,15-16,18-19,28H,7,12-14,17H2,1-6H3. The summed E-state index contributed by atoms with van der Waals surface area (Å²) in [6, 6.07) is 11.4. The number of fused-ring (bicyclic) bond motifs is 1. The Morgan fingerprint density at radius 1 is 1.14 bits per heavy atom. The van der Waals surface area contributed by atoms with Gasteiger partial charge in [-0.15, -0.1) is 0 Å². The fourth-order valence-corrected chi connectivity index (χ4v) is 5.70. The van der Waals surface area contributed by atoms with E-state index in [1.165, 1.54) is 0 Å². The van der Waals surface area contributed by atoms with Crippen LogP contribution in [0.1, 0.15) is 58.4 Å². The molecule has 0 saturated carbocycles. The fraction of sp³-hybridized carbons (Fsp3) is 0.500. The zero-order chi connectivity index (χ0) is 27.1. The number of hydrogen-bond donors (Lipinski definition) is 0. The van der Waals surface area contributed by atoms with Crippen molar-refractivity contribution in [2.75, 3.05) is 31.9 Å². The van der Waals surface area contributed by atoms with Crippen LogP contribution in [0.3, 0.4) is 0 Å². The van der Waals surface area contributed by atoms with Gasteiger partial charge in [-0.25, -0.2) is 0 Å². The van der Waals surface area contributed by atoms with Crippen molar-refractivity contribution in [3.8, 4) is 11.5 Å². The summed E-state index contributed by atoms with van der Waals surface area (Å²) < 4.78 is 17.2. The van der Waals surface area contributed by atoms with Crippen LogP contribution in [0.5, 0.6) is 11.5 Å². The lowest BCUT2D eigenvalue weighted by molar-refractivity contribution is -0.150. The SMILES string of the molecule is COc1ccc(OCCCN(COC(=O)CC(C)C)C(C)C)c(C2Sc3cc(Cl)ccc3N2C(C)=O)c1. The fourth-order valence-electron chi connectivity index (χ4n) is 4.06. The third kappa shape index (κ3) is 7.79. The minimum Gasteiger partial charge on any atom is -0.497 e. The van der Waals surface area contributed by atoms with Gasteiger partial charge in [-0.2, -0.15) is 0 Å². The Morgan fingerprint density at radius 3 is 2.54 bits per heavy atom. The molecule has 0 spiro atoms. The van der Waals surface area contributed by atoms with E-state index in [9.17, 15) is 9.59 Å². The van der Waals surface area contributed by atoms with Crippen molar-refractivity contribution in [1.82, 2.24) is 4.90 Å². The first-order chi connectivity index (χ1) is 17.6. The van der Waals surface area contributed by atoms with Crippen LogP contribution < -0.4 is 14.4 Å². The molecule has 7 nitrogen and oxygen atoms in total. The van der Waals surface area contributed by atoms with Gasteiger partial charge in [0.2, 0.25) is 5.91 Å². The summed E-state index contributed by atoms with van der Waals surface area (Å²) in [5, 5.41) is 0.325. The molecule has 2 aromatic rings. The van der Waals surface area contributed by atoms with Crippen LogP contribution in [0.15, 0.2) is 41.3 Å². The summed E-state index contributed by atoms with van der Waals surface area (Å²) >= 11 is 7.79. The van der Waals surface area contributed by atoms with Crippen molar-refractivity contribution < 1.29 is 23.8 Å². The van der Waals surface area contributed by atoms with E-state index in [1.54, 1.807) is 36.8 Å². The number of rotatable bonds is 12. The van der Waals surface area contributed by atoms with Gasteiger partial charge in [0.15, 0.2) is 0 Å². The molecule has 1 amide bonds. The van der Waals surface area contributed by atoms with Gasteiger partial charge in [-0.3, -0.25) is 19.4 Å². The molecule has 1 unspecified atom stereocenters. The van der Waals surface area contributed by atoms with Gasteiger partial charge in [0, 0.05) is 41.4 Å². The summed E-state index contributed by atoms with van der Waals surface area (Å²) in [7, 11) is 1.62. The number of ether oxygens (including phenoxy) is 3. The molecule has 0 saturated heterocycles. The van der Waals surface area contributed by atoms with Gasteiger partial charge in [-0.05, 0) is 62.6 Å². The topological polar surface area (TPSA) is 68.3 Å². The molecule has 0 N–H and O–H groups in total. The number of anilines is 1. The largest absolute Gasteiger partial charge is 0.497 e. The van der Waals surface area contributed by atoms with Gasteiger partial charge in [0.05, 0.1) is 19.4 Å². The van der Waals surface area contributed by atoms with Gasteiger partial charge < -0.3 is 14.2 Å². The van der Waals surface area contributed by atoms with Crippen molar-refractivity contribution in [1.29, 1.82) is 0 Å². The van der Waals surface area contributed by atoms with Crippen molar-refractivity contribution in [3.63, 3.8) is 0 Å². The lowest BCUT2D eigenvalue weighted by Crippen LogP contribution is -2.35. The van der Waals surface area contributed by atoms with Crippen molar-refractivity contribution in [2.24, 2.45) is 5.92 Å². The molecule has 202 valence electrons. The second-order valence-corrected chi connectivity index (χ2v) is 11.3. The minimum absolute atomic E-state index is 0.0630. The lowest BCUT2D eigenvalue weighted by atomic mass is 10.1. The van der Waals surface area contributed by atoms with Crippen molar-refractivity contribution in [3.05, 3.63) is 47.0 Å². The number of amides is 1. The molecule has 37 heavy (non-hydrogen) atoms. The van der Waals surface area contributed by atoms with Gasteiger partial charge >= 0.3 is 5.97 Å². The molecule has 3 rings (SSSR count). The molecular weight excluding hydrogens is 512 g/mol. The number of carbonyl (C=O) groups is 2. The Hall–Kier alpha value is -2.42. The number of halogens is 1. The number of methoxy groups -OCH3 is 1. The summed E-state index contributed by atoms with van der Waals surface area (Å²) in [4.78, 5) is 29.5. The van der Waals surface area contributed by atoms with E-state index in [-0.39, 0.29) is 35.9 Å². The predicted molar refractivity (Wildman–Crippen MR) is 149 cm³/mol. The maximum Gasteiger partial charge on any atom is 0.307 e. The van der Waals surface area contributed by atoms with Gasteiger partial charge in [-0.1, -0.05) is 37.2 Å². The molecule has 1 atom stereocenters. The third-order valence-electron chi connectivity index (χ3n) is 6.02. The average molecular weight is 549 g/mol. The molecule has 1 heterocycles. The highest BCUT2D eigenvalue weighted by molar-refractivity contribution is 8.00. The van der Waals surface area contributed by atoms with E-state index < -0.39 is 0 Å². The molecule has 0 bridgehead atoms. The highest BCUT2D eigenvalue weighted by Crippen LogP contribution is 2.54. The van der Waals surface area contributed by atoms with E-state index in [2.05, 4.69) is 18.7 Å². The van der Waals surface area contributed by atoms with E-state index in [0.29, 0.717) is 29.5 Å². The first-order valence-electron chi connectivity index (χ1n) is 12.6. The van der Waals surface area contributed by atoms with Crippen LogP contribution in [-0.2, 0) is 14.3 Å². The first-order valence-corrected chi connectivity index (χ1v) is 13.8. The average Bonchev–Trinajstić information content (AvgIpc) is 3.21. The first kappa shape index (κ1) is 29.1. The minimum atomic E-state index is -0.302. The zero-order valence-corrected chi connectivity index (χ0v) is 24.0. The zero-order valence-electron chi connectivity index (χ0n) is 22.5. The molecule has 9 heteroatoms. The second kappa shape index (κ2) is 13.4. The van der Waals surface area contributed by atoms with Crippen LogP contribution in [0.2, 0.25) is 5.02 Å². The smallest absolute Gasteiger partial charge is 0.307 e. The maximum atomic E-state index is 12.7. The number of hydrogen-bond acceptors (Lipinski definition) is 7. The molecule has 0 fully saturated rings. The summed E-state index contributed by atoms with van der Waals surface area (Å²) in [5.41, 5.74) is 1.69. The van der Waals surface area contributed by atoms with Crippen LogP contribution in [-0.4, -0.2) is 49.8 Å². The molecular formula is C28H37ClN2O5S. The Labute approximate surface area is 229 Å². The Balaban J connectivity index is 1.69. The molecule has 1 aliphatic heterocycles. The highest BCUT2D eigenvalue weighted by Gasteiger charge is 2.36.